The Morgan fingerprint density at radius 3 is 2.85 bits per heavy atom. The van der Waals surface area contributed by atoms with E-state index >= 15 is 0 Å². The first kappa shape index (κ1) is 14.4. The number of nitrogens with zero attached hydrogens (tertiary/aromatic N) is 1. The number of piperidine rings is 1. The van der Waals surface area contributed by atoms with Crippen LogP contribution in [0.4, 0.5) is 0 Å². The van der Waals surface area contributed by atoms with Gasteiger partial charge in [0.2, 0.25) is 0 Å². The first-order valence-corrected chi connectivity index (χ1v) is 8.63. The highest BCUT2D eigenvalue weighted by molar-refractivity contribution is 9.10. The molecule has 0 aromatic heterocycles. The first-order valence-electron chi connectivity index (χ1n) is 7.84. The zero-order valence-electron chi connectivity index (χ0n) is 12.3. The van der Waals surface area contributed by atoms with Gasteiger partial charge in [-0.3, -0.25) is 4.90 Å². The van der Waals surface area contributed by atoms with E-state index in [0.29, 0.717) is 0 Å². The fraction of sp³-hybridized carbons (Fsp3) is 0.647. The Morgan fingerprint density at radius 2 is 2.00 bits per heavy atom. The second kappa shape index (κ2) is 6.48. The number of rotatable bonds is 3. The molecule has 1 heterocycles. The summed E-state index contributed by atoms with van der Waals surface area (Å²) in [4.78, 5) is 2.72. The van der Waals surface area contributed by atoms with Crippen LogP contribution in [-0.4, -0.2) is 24.6 Å². The molecule has 0 amide bonds. The number of halogens is 1. The second-order valence-corrected chi connectivity index (χ2v) is 7.04. The van der Waals surface area contributed by atoms with Crippen LogP contribution in [0.15, 0.2) is 22.7 Å². The maximum atomic E-state index is 5.37. The molecule has 1 aromatic rings. The van der Waals surface area contributed by atoms with Gasteiger partial charge in [-0.1, -0.05) is 28.8 Å². The Morgan fingerprint density at radius 1 is 1.20 bits per heavy atom. The van der Waals surface area contributed by atoms with Crippen LogP contribution in [0.5, 0.6) is 5.75 Å². The third kappa shape index (κ3) is 3.04. The minimum Gasteiger partial charge on any atom is -0.497 e. The Hall–Kier alpha value is -0.540. The van der Waals surface area contributed by atoms with Crippen molar-refractivity contribution in [2.24, 2.45) is 5.92 Å². The van der Waals surface area contributed by atoms with Crippen molar-refractivity contribution in [1.82, 2.24) is 4.90 Å². The number of hydrogen-bond acceptors (Lipinski definition) is 2. The Kier molecular flexibility index (Phi) is 4.67. The van der Waals surface area contributed by atoms with E-state index in [9.17, 15) is 0 Å². The molecule has 110 valence electrons. The van der Waals surface area contributed by atoms with Crippen molar-refractivity contribution in [3.05, 3.63) is 28.2 Å². The van der Waals surface area contributed by atoms with Crippen LogP contribution in [-0.2, 0) is 6.54 Å². The Balaban J connectivity index is 1.75. The minimum atomic E-state index is 0.815. The third-order valence-corrected chi connectivity index (χ3v) is 5.76. The summed E-state index contributed by atoms with van der Waals surface area (Å²) in [5.41, 5.74) is 1.36. The summed E-state index contributed by atoms with van der Waals surface area (Å²) in [6.07, 6.45) is 8.50. The molecular weight excluding hydrogens is 314 g/mol. The average molecular weight is 338 g/mol. The van der Waals surface area contributed by atoms with Gasteiger partial charge in [-0.05, 0) is 61.9 Å². The number of likely N-dealkylation sites (tertiary alicyclic amines) is 1. The molecule has 0 radical (unpaired) electrons. The molecular formula is C17H24BrNO. The molecule has 1 saturated carbocycles. The Labute approximate surface area is 130 Å². The number of benzene rings is 1. The van der Waals surface area contributed by atoms with Crippen molar-refractivity contribution in [2.75, 3.05) is 13.7 Å². The van der Waals surface area contributed by atoms with Crippen molar-refractivity contribution in [2.45, 2.75) is 51.1 Å². The minimum absolute atomic E-state index is 0.815. The highest BCUT2D eigenvalue weighted by atomic mass is 79.9. The zero-order valence-corrected chi connectivity index (χ0v) is 13.9. The quantitative estimate of drug-likeness (QED) is 0.798. The van der Waals surface area contributed by atoms with Crippen molar-refractivity contribution < 1.29 is 4.74 Å². The fourth-order valence-corrected chi connectivity index (χ4v) is 4.31. The van der Waals surface area contributed by atoms with Gasteiger partial charge in [-0.15, -0.1) is 0 Å². The summed E-state index contributed by atoms with van der Waals surface area (Å²) in [6.45, 7) is 2.31. The molecule has 1 aliphatic heterocycles. The van der Waals surface area contributed by atoms with Gasteiger partial charge >= 0.3 is 0 Å². The molecule has 20 heavy (non-hydrogen) atoms. The molecule has 2 nitrogen and oxygen atoms in total. The fourth-order valence-electron chi connectivity index (χ4n) is 3.94. The maximum absolute atomic E-state index is 5.37. The summed E-state index contributed by atoms with van der Waals surface area (Å²) < 4.78 is 6.57. The van der Waals surface area contributed by atoms with Crippen LogP contribution in [0.3, 0.4) is 0 Å². The average Bonchev–Trinajstić information content (AvgIpc) is 2.50. The number of ether oxygens (including phenoxy) is 1. The molecule has 0 unspecified atom stereocenters. The summed E-state index contributed by atoms with van der Waals surface area (Å²) in [7, 11) is 1.74. The van der Waals surface area contributed by atoms with Crippen LogP contribution < -0.4 is 4.74 Å². The topological polar surface area (TPSA) is 12.5 Å². The van der Waals surface area contributed by atoms with Crippen LogP contribution in [0, 0.1) is 5.92 Å². The lowest BCUT2D eigenvalue weighted by molar-refractivity contribution is 0.0545. The van der Waals surface area contributed by atoms with Crippen molar-refractivity contribution >= 4 is 15.9 Å². The predicted octanol–water partition coefficient (Wildman–Crippen LogP) is 4.61. The van der Waals surface area contributed by atoms with Crippen molar-refractivity contribution in [3.63, 3.8) is 0 Å². The van der Waals surface area contributed by atoms with Gasteiger partial charge in [0.1, 0.15) is 5.75 Å². The molecule has 3 heteroatoms. The lowest BCUT2D eigenvalue weighted by atomic mass is 9.78. The van der Waals surface area contributed by atoms with Crippen LogP contribution in [0.25, 0.3) is 0 Å². The smallest absolute Gasteiger partial charge is 0.119 e. The predicted molar refractivity (Wildman–Crippen MR) is 86.1 cm³/mol. The van der Waals surface area contributed by atoms with E-state index in [1.165, 1.54) is 55.1 Å². The van der Waals surface area contributed by atoms with Crippen LogP contribution >= 0.6 is 15.9 Å². The van der Waals surface area contributed by atoms with Gasteiger partial charge in [0.05, 0.1) is 7.11 Å². The normalized spacial score (nSPS) is 27.1. The third-order valence-electron chi connectivity index (χ3n) is 4.98. The number of fused-ring (bicyclic) bond motifs is 1. The molecule has 1 saturated heterocycles. The van der Waals surface area contributed by atoms with E-state index in [-0.39, 0.29) is 0 Å². The van der Waals surface area contributed by atoms with Gasteiger partial charge in [-0.25, -0.2) is 0 Å². The molecule has 1 aliphatic carbocycles. The maximum Gasteiger partial charge on any atom is 0.119 e. The lowest BCUT2D eigenvalue weighted by Gasteiger charge is -2.44. The second-order valence-electron chi connectivity index (χ2n) is 6.18. The molecule has 2 aliphatic rings. The largest absolute Gasteiger partial charge is 0.497 e. The summed E-state index contributed by atoms with van der Waals surface area (Å²) in [6, 6.07) is 7.12. The lowest BCUT2D eigenvalue weighted by Crippen LogP contribution is -2.46. The first-order chi connectivity index (χ1) is 9.78. The van der Waals surface area contributed by atoms with E-state index in [0.717, 1.165) is 24.3 Å². The van der Waals surface area contributed by atoms with Crippen LogP contribution in [0.1, 0.15) is 44.1 Å². The van der Waals surface area contributed by atoms with E-state index in [1.807, 2.05) is 6.07 Å². The van der Waals surface area contributed by atoms with E-state index in [4.69, 9.17) is 4.74 Å². The molecule has 0 N–H and O–H groups in total. The van der Waals surface area contributed by atoms with Gasteiger partial charge in [0, 0.05) is 17.1 Å². The molecule has 3 rings (SSSR count). The van der Waals surface area contributed by atoms with Crippen LogP contribution in [0.2, 0.25) is 0 Å². The number of methoxy groups -OCH3 is 1. The van der Waals surface area contributed by atoms with E-state index < -0.39 is 0 Å². The number of hydrogen-bond donors (Lipinski definition) is 0. The summed E-state index contributed by atoms with van der Waals surface area (Å²) in [5.74, 6) is 1.90. The van der Waals surface area contributed by atoms with Crippen molar-refractivity contribution in [1.29, 1.82) is 0 Å². The van der Waals surface area contributed by atoms with E-state index in [2.05, 4.69) is 33.0 Å². The van der Waals surface area contributed by atoms with Gasteiger partial charge in [0.25, 0.3) is 0 Å². The SMILES string of the molecule is COc1ccc(Br)c(CN2CCC[C@H]3CCCC[C@H]32)c1. The monoisotopic (exact) mass is 337 g/mol. The summed E-state index contributed by atoms with van der Waals surface area (Å²) in [5, 5.41) is 0. The van der Waals surface area contributed by atoms with Crippen molar-refractivity contribution in [3.8, 4) is 5.75 Å². The highest BCUT2D eigenvalue weighted by Gasteiger charge is 2.33. The highest BCUT2D eigenvalue weighted by Crippen LogP contribution is 2.36. The van der Waals surface area contributed by atoms with E-state index in [1.54, 1.807) is 7.11 Å². The molecule has 0 bridgehead atoms. The molecule has 0 spiro atoms. The van der Waals surface area contributed by atoms with Gasteiger partial charge in [0.15, 0.2) is 0 Å². The van der Waals surface area contributed by atoms with Gasteiger partial charge < -0.3 is 4.74 Å². The molecule has 2 atom stereocenters. The molecule has 2 fully saturated rings. The standard InChI is InChI=1S/C17H24BrNO/c1-20-15-8-9-16(18)14(11-15)12-19-10-4-6-13-5-2-3-7-17(13)19/h8-9,11,13,17H,2-7,10,12H2,1H3/t13-,17-/m1/s1. The summed E-state index contributed by atoms with van der Waals surface area (Å²) >= 11 is 3.69. The Bertz CT molecular complexity index is 460. The molecule has 1 aromatic carbocycles. The zero-order chi connectivity index (χ0) is 13.9. The van der Waals surface area contributed by atoms with Gasteiger partial charge in [-0.2, -0.15) is 0 Å².